The van der Waals surface area contributed by atoms with Gasteiger partial charge in [-0.1, -0.05) is 37.3 Å². The van der Waals surface area contributed by atoms with Crippen LogP contribution in [0.3, 0.4) is 0 Å². The number of rotatable bonds is 10. The van der Waals surface area contributed by atoms with E-state index in [1.165, 1.54) is 5.56 Å². The Labute approximate surface area is 205 Å². The lowest BCUT2D eigenvalue weighted by atomic mass is 10.0. The van der Waals surface area contributed by atoms with Crippen LogP contribution in [0.5, 0.6) is 0 Å². The summed E-state index contributed by atoms with van der Waals surface area (Å²) in [4.78, 5) is 9.90. The van der Waals surface area contributed by atoms with Gasteiger partial charge < -0.3 is 19.7 Å². The van der Waals surface area contributed by atoms with E-state index >= 15 is 0 Å². The number of piperazine rings is 1. The van der Waals surface area contributed by atoms with Crippen molar-refractivity contribution in [1.82, 2.24) is 15.1 Å². The maximum atomic E-state index is 5.81. The van der Waals surface area contributed by atoms with Gasteiger partial charge in [-0.15, -0.1) is 24.0 Å². The van der Waals surface area contributed by atoms with Crippen molar-refractivity contribution in [2.75, 3.05) is 65.7 Å². The molecule has 2 fully saturated rings. The Hall–Kier alpha value is -0.900. The molecule has 1 N–H and O–H groups in total. The summed E-state index contributed by atoms with van der Waals surface area (Å²) in [6.45, 7) is 13.7. The normalized spacial score (nSPS) is 21.0. The SMILES string of the molecule is CCNC(=NCCCOCC1CCOC1)N1CCN(C(CC)c2ccccc2)CC1.I. The molecule has 0 aliphatic carbocycles. The van der Waals surface area contributed by atoms with E-state index in [1.807, 2.05) is 0 Å². The average molecular weight is 545 g/mol. The van der Waals surface area contributed by atoms with Gasteiger partial charge in [-0.25, -0.2) is 0 Å². The summed E-state index contributed by atoms with van der Waals surface area (Å²) in [5.41, 5.74) is 1.43. The quantitative estimate of drug-likeness (QED) is 0.210. The maximum absolute atomic E-state index is 5.81. The molecule has 2 saturated heterocycles. The smallest absolute Gasteiger partial charge is 0.194 e. The zero-order chi connectivity index (χ0) is 21.0. The second-order valence-electron chi connectivity index (χ2n) is 8.25. The fourth-order valence-corrected chi connectivity index (χ4v) is 4.37. The number of benzene rings is 1. The lowest BCUT2D eigenvalue weighted by Crippen LogP contribution is -2.53. The van der Waals surface area contributed by atoms with Gasteiger partial charge in [-0.05, 0) is 31.7 Å². The third-order valence-corrected chi connectivity index (χ3v) is 6.05. The van der Waals surface area contributed by atoms with Crippen molar-refractivity contribution in [3.05, 3.63) is 35.9 Å². The molecule has 31 heavy (non-hydrogen) atoms. The summed E-state index contributed by atoms with van der Waals surface area (Å²) in [7, 11) is 0. The van der Waals surface area contributed by atoms with Crippen LogP contribution < -0.4 is 5.32 Å². The van der Waals surface area contributed by atoms with Crippen LogP contribution in [0.25, 0.3) is 0 Å². The number of halogens is 1. The first kappa shape index (κ1) is 26.4. The molecule has 3 rings (SSSR count). The Morgan fingerprint density at radius 2 is 1.97 bits per heavy atom. The van der Waals surface area contributed by atoms with Crippen LogP contribution in [0.2, 0.25) is 0 Å². The van der Waals surface area contributed by atoms with Crippen molar-refractivity contribution < 1.29 is 9.47 Å². The van der Waals surface area contributed by atoms with Gasteiger partial charge in [0.05, 0.1) is 13.2 Å². The van der Waals surface area contributed by atoms with Crippen molar-refractivity contribution >= 4 is 29.9 Å². The van der Waals surface area contributed by atoms with Crippen molar-refractivity contribution in [3.63, 3.8) is 0 Å². The molecule has 2 aliphatic rings. The van der Waals surface area contributed by atoms with E-state index in [1.54, 1.807) is 0 Å². The molecule has 0 radical (unpaired) electrons. The van der Waals surface area contributed by atoms with Crippen LogP contribution in [0.1, 0.15) is 44.7 Å². The number of nitrogens with zero attached hydrogens (tertiary/aromatic N) is 3. The molecule has 2 aliphatic heterocycles. The topological polar surface area (TPSA) is 49.3 Å². The van der Waals surface area contributed by atoms with Gasteiger partial charge >= 0.3 is 0 Å². The predicted octanol–water partition coefficient (Wildman–Crippen LogP) is 3.78. The van der Waals surface area contributed by atoms with Crippen molar-refractivity contribution in [2.45, 2.75) is 39.2 Å². The Morgan fingerprint density at radius 3 is 2.61 bits per heavy atom. The maximum Gasteiger partial charge on any atom is 0.194 e. The minimum Gasteiger partial charge on any atom is -0.381 e. The van der Waals surface area contributed by atoms with Crippen LogP contribution in [-0.2, 0) is 9.47 Å². The lowest BCUT2D eigenvalue weighted by molar-refractivity contribution is 0.0892. The van der Waals surface area contributed by atoms with Crippen LogP contribution in [0.15, 0.2) is 35.3 Å². The summed E-state index contributed by atoms with van der Waals surface area (Å²) in [6, 6.07) is 11.4. The Kier molecular flexibility index (Phi) is 12.8. The average Bonchev–Trinajstić information content (AvgIpc) is 3.31. The molecule has 2 unspecified atom stereocenters. The number of guanidine groups is 1. The molecular formula is C24H41IN4O2. The first-order valence-electron chi connectivity index (χ1n) is 11.8. The van der Waals surface area contributed by atoms with E-state index in [2.05, 4.69) is 59.3 Å². The highest BCUT2D eigenvalue weighted by Crippen LogP contribution is 2.25. The summed E-state index contributed by atoms with van der Waals surface area (Å²) < 4.78 is 11.2. The number of ether oxygens (including phenoxy) is 2. The highest BCUT2D eigenvalue weighted by molar-refractivity contribution is 14.0. The first-order valence-corrected chi connectivity index (χ1v) is 11.8. The second-order valence-corrected chi connectivity index (χ2v) is 8.25. The summed E-state index contributed by atoms with van der Waals surface area (Å²) in [6.07, 6.45) is 3.25. The fraction of sp³-hybridized carbons (Fsp3) is 0.708. The zero-order valence-electron chi connectivity index (χ0n) is 19.3. The van der Waals surface area contributed by atoms with Crippen LogP contribution in [0, 0.1) is 5.92 Å². The summed E-state index contributed by atoms with van der Waals surface area (Å²) >= 11 is 0. The number of aliphatic imine (C=N–C) groups is 1. The minimum absolute atomic E-state index is 0. The van der Waals surface area contributed by atoms with Gasteiger partial charge in [-0.2, -0.15) is 0 Å². The van der Waals surface area contributed by atoms with Crippen molar-refractivity contribution in [1.29, 1.82) is 0 Å². The van der Waals surface area contributed by atoms with E-state index in [9.17, 15) is 0 Å². The van der Waals surface area contributed by atoms with Crippen LogP contribution in [-0.4, -0.2) is 81.5 Å². The molecule has 1 aromatic carbocycles. The van der Waals surface area contributed by atoms with Gasteiger partial charge in [0.25, 0.3) is 0 Å². The van der Waals surface area contributed by atoms with Crippen molar-refractivity contribution in [3.8, 4) is 0 Å². The molecule has 0 bridgehead atoms. The number of hydrogen-bond donors (Lipinski definition) is 1. The highest BCUT2D eigenvalue weighted by atomic mass is 127. The largest absolute Gasteiger partial charge is 0.381 e. The van der Waals surface area contributed by atoms with E-state index in [-0.39, 0.29) is 24.0 Å². The molecule has 176 valence electrons. The number of hydrogen-bond acceptors (Lipinski definition) is 4. The zero-order valence-corrected chi connectivity index (χ0v) is 21.6. The highest BCUT2D eigenvalue weighted by Gasteiger charge is 2.25. The molecule has 0 amide bonds. The van der Waals surface area contributed by atoms with E-state index in [0.717, 1.165) is 90.9 Å². The lowest BCUT2D eigenvalue weighted by Gasteiger charge is -2.40. The molecule has 0 aromatic heterocycles. The van der Waals surface area contributed by atoms with Crippen LogP contribution in [0.4, 0.5) is 0 Å². The van der Waals surface area contributed by atoms with E-state index in [0.29, 0.717) is 12.0 Å². The molecule has 1 aromatic rings. The Balaban J connectivity index is 0.00000341. The molecule has 7 heteroatoms. The third kappa shape index (κ3) is 8.51. The monoisotopic (exact) mass is 544 g/mol. The molecular weight excluding hydrogens is 503 g/mol. The summed E-state index contributed by atoms with van der Waals surface area (Å²) in [5.74, 6) is 1.64. The van der Waals surface area contributed by atoms with Gasteiger partial charge in [0.15, 0.2) is 5.96 Å². The van der Waals surface area contributed by atoms with Gasteiger partial charge in [0, 0.05) is 64.4 Å². The first-order chi connectivity index (χ1) is 14.8. The molecule has 2 atom stereocenters. The molecule has 0 saturated carbocycles. The molecule has 2 heterocycles. The summed E-state index contributed by atoms with van der Waals surface area (Å²) in [5, 5.41) is 3.48. The van der Waals surface area contributed by atoms with Crippen LogP contribution >= 0.6 is 24.0 Å². The third-order valence-electron chi connectivity index (χ3n) is 6.05. The standard InChI is InChI=1S/C24H40N4O2.HI/c1-3-23(22-9-6-5-7-10-22)27-13-15-28(16-14-27)24(25-4-2)26-12-8-17-29-19-21-11-18-30-20-21;/h5-7,9-10,21,23H,3-4,8,11-20H2,1-2H3,(H,25,26);1H. The molecule has 0 spiro atoms. The number of nitrogens with one attached hydrogen (secondary N) is 1. The minimum atomic E-state index is 0. The van der Waals surface area contributed by atoms with E-state index in [4.69, 9.17) is 14.5 Å². The Morgan fingerprint density at radius 1 is 1.19 bits per heavy atom. The van der Waals surface area contributed by atoms with E-state index < -0.39 is 0 Å². The van der Waals surface area contributed by atoms with Crippen molar-refractivity contribution in [2.24, 2.45) is 10.9 Å². The van der Waals surface area contributed by atoms with Gasteiger partial charge in [0.2, 0.25) is 0 Å². The van der Waals surface area contributed by atoms with Gasteiger partial charge in [-0.3, -0.25) is 9.89 Å². The molecule has 6 nitrogen and oxygen atoms in total. The predicted molar refractivity (Wildman–Crippen MR) is 138 cm³/mol. The van der Waals surface area contributed by atoms with Gasteiger partial charge in [0.1, 0.15) is 0 Å². The Bertz CT molecular complexity index is 617. The fourth-order valence-electron chi connectivity index (χ4n) is 4.37. The second kappa shape index (κ2) is 15.0.